The van der Waals surface area contributed by atoms with Gasteiger partial charge < -0.3 is 4.42 Å². The fourth-order valence-electron chi connectivity index (χ4n) is 10.7. The first-order valence-corrected chi connectivity index (χ1v) is 23.7. The van der Waals surface area contributed by atoms with E-state index >= 15 is 0 Å². The lowest BCUT2D eigenvalue weighted by Gasteiger charge is -2.25. The van der Waals surface area contributed by atoms with Crippen LogP contribution in [0.15, 0.2) is 241 Å². The molecule has 0 radical (unpaired) electrons. The quantitative estimate of drug-likeness (QED) is 0.134. The third-order valence-electron chi connectivity index (χ3n) is 14.4. The summed E-state index contributed by atoms with van der Waals surface area (Å²) in [5.74, 6) is 0.219. The van der Waals surface area contributed by atoms with Gasteiger partial charge in [-0.3, -0.25) is 0 Å². The van der Waals surface area contributed by atoms with Crippen LogP contribution in [0.2, 0.25) is 0 Å². The Morgan fingerprint density at radius 1 is 0.358 bits per heavy atom. The summed E-state index contributed by atoms with van der Waals surface area (Å²) in [7, 11) is 0. The highest BCUT2D eigenvalue weighted by molar-refractivity contribution is 6.09. The highest BCUT2D eigenvalue weighted by Gasteiger charge is 2.36. The maximum absolute atomic E-state index is 6.42. The molecule has 10 aromatic carbocycles. The second kappa shape index (κ2) is 16.8. The summed E-state index contributed by atoms with van der Waals surface area (Å²) in [6, 6.07) is 87.0. The van der Waals surface area contributed by atoms with Crippen LogP contribution in [0.1, 0.15) is 54.0 Å². The number of benzene rings is 10. The average Bonchev–Trinajstić information content (AvgIpc) is 3.88. The van der Waals surface area contributed by atoms with E-state index in [0.29, 0.717) is 0 Å². The minimum Gasteiger partial charge on any atom is -0.455 e. The minimum atomic E-state index is -0.127. The standard InChI is InChI=1S/C66H50O/c1-66(2)62-42-53(46-15-7-4-8-16-46)36-39-58(62)59-40-37-55(43-63(59)66)56(51-34-32-49(33-35-51)48-30-28-47(29-31-48)45-13-5-3-6-14-45)38-25-44-23-26-50(27-24-44)52-17-11-18-54(41-52)57-20-12-21-61-60-19-9-10-22-64(60)67-65(57)61/h3-24,26-37,39-43,56H,25,38H2,1-2H3. The number of para-hydroxylation sites is 2. The van der Waals surface area contributed by atoms with Gasteiger partial charge in [-0.05, 0) is 120 Å². The zero-order valence-corrected chi connectivity index (χ0v) is 37.9. The molecule has 1 aliphatic rings. The van der Waals surface area contributed by atoms with Crippen molar-refractivity contribution in [3.05, 3.63) is 264 Å². The van der Waals surface area contributed by atoms with Gasteiger partial charge in [0.1, 0.15) is 11.2 Å². The van der Waals surface area contributed by atoms with Gasteiger partial charge in [-0.1, -0.05) is 232 Å². The number of hydrogen-bond acceptors (Lipinski definition) is 1. The second-order valence-electron chi connectivity index (χ2n) is 18.8. The van der Waals surface area contributed by atoms with Crippen molar-refractivity contribution < 1.29 is 4.42 Å². The average molecular weight is 859 g/mol. The summed E-state index contributed by atoms with van der Waals surface area (Å²) in [6.45, 7) is 4.80. The first-order valence-electron chi connectivity index (χ1n) is 23.7. The van der Waals surface area contributed by atoms with E-state index in [-0.39, 0.29) is 11.3 Å². The van der Waals surface area contributed by atoms with E-state index in [0.717, 1.165) is 45.9 Å². The van der Waals surface area contributed by atoms with Crippen LogP contribution in [0.5, 0.6) is 0 Å². The molecule has 0 bridgehead atoms. The highest BCUT2D eigenvalue weighted by atomic mass is 16.3. The third kappa shape index (κ3) is 7.47. The van der Waals surface area contributed by atoms with E-state index in [2.05, 4.69) is 244 Å². The largest absolute Gasteiger partial charge is 0.455 e. The molecule has 1 aromatic heterocycles. The predicted molar refractivity (Wildman–Crippen MR) is 282 cm³/mol. The van der Waals surface area contributed by atoms with E-state index in [1.807, 2.05) is 6.07 Å². The molecule has 320 valence electrons. The summed E-state index contributed by atoms with van der Waals surface area (Å²) >= 11 is 0. The lowest BCUT2D eigenvalue weighted by molar-refractivity contribution is 0.654. The van der Waals surface area contributed by atoms with Crippen LogP contribution >= 0.6 is 0 Å². The Bertz CT molecular complexity index is 3560. The number of rotatable bonds is 10. The molecular weight excluding hydrogens is 809 g/mol. The number of hydrogen-bond donors (Lipinski definition) is 0. The number of fused-ring (bicyclic) bond motifs is 6. The maximum Gasteiger partial charge on any atom is 0.143 e. The molecule has 0 N–H and O–H groups in total. The van der Waals surface area contributed by atoms with Crippen LogP contribution < -0.4 is 0 Å². The summed E-state index contributed by atoms with van der Waals surface area (Å²) in [5, 5.41) is 2.30. The van der Waals surface area contributed by atoms with Gasteiger partial charge in [-0.25, -0.2) is 0 Å². The maximum atomic E-state index is 6.42. The van der Waals surface area contributed by atoms with E-state index in [9.17, 15) is 0 Å². The smallest absolute Gasteiger partial charge is 0.143 e. The first-order chi connectivity index (χ1) is 32.9. The molecule has 1 heteroatoms. The van der Waals surface area contributed by atoms with Gasteiger partial charge in [0.25, 0.3) is 0 Å². The molecule has 11 aromatic rings. The summed E-state index contributed by atoms with van der Waals surface area (Å²) in [4.78, 5) is 0. The molecule has 12 rings (SSSR count). The van der Waals surface area contributed by atoms with Gasteiger partial charge in [0.05, 0.1) is 0 Å². The highest BCUT2D eigenvalue weighted by Crippen LogP contribution is 2.51. The van der Waals surface area contributed by atoms with Gasteiger partial charge in [0, 0.05) is 27.7 Å². The monoisotopic (exact) mass is 858 g/mol. The van der Waals surface area contributed by atoms with Crippen LogP contribution in [-0.4, -0.2) is 0 Å². The summed E-state index contributed by atoms with van der Waals surface area (Å²) in [6.07, 6.45) is 1.95. The Kier molecular flexibility index (Phi) is 10.1. The van der Waals surface area contributed by atoms with E-state index in [1.165, 1.54) is 83.5 Å². The van der Waals surface area contributed by atoms with Gasteiger partial charge >= 0.3 is 0 Å². The van der Waals surface area contributed by atoms with Crippen molar-refractivity contribution in [2.45, 2.75) is 38.0 Å². The van der Waals surface area contributed by atoms with Gasteiger partial charge in [-0.15, -0.1) is 0 Å². The molecule has 0 saturated carbocycles. The van der Waals surface area contributed by atoms with Crippen molar-refractivity contribution in [1.82, 2.24) is 0 Å². The van der Waals surface area contributed by atoms with Crippen LogP contribution in [0.3, 0.4) is 0 Å². The van der Waals surface area contributed by atoms with Crippen molar-refractivity contribution in [3.63, 3.8) is 0 Å². The molecule has 0 amide bonds. The second-order valence-corrected chi connectivity index (χ2v) is 18.8. The predicted octanol–water partition coefficient (Wildman–Crippen LogP) is 18.0. The Labute approximate surface area is 393 Å². The molecular formula is C66H50O. The summed E-state index contributed by atoms with van der Waals surface area (Å²) < 4.78 is 6.42. The number of furan rings is 1. The van der Waals surface area contributed by atoms with Crippen molar-refractivity contribution in [3.8, 4) is 66.8 Å². The minimum absolute atomic E-state index is 0.127. The third-order valence-corrected chi connectivity index (χ3v) is 14.4. The number of aryl methyl sites for hydroxylation is 1. The fourth-order valence-corrected chi connectivity index (χ4v) is 10.7. The molecule has 1 unspecified atom stereocenters. The fraction of sp³-hybridized carbons (Fsp3) is 0.0909. The van der Waals surface area contributed by atoms with E-state index in [4.69, 9.17) is 4.42 Å². The summed E-state index contributed by atoms with van der Waals surface area (Å²) in [5.41, 5.74) is 23.4. The van der Waals surface area contributed by atoms with Crippen molar-refractivity contribution in [1.29, 1.82) is 0 Å². The first kappa shape index (κ1) is 40.5. The van der Waals surface area contributed by atoms with Crippen molar-refractivity contribution in [2.24, 2.45) is 0 Å². The molecule has 0 spiro atoms. The topological polar surface area (TPSA) is 13.1 Å². The van der Waals surface area contributed by atoms with Gasteiger partial charge in [-0.2, -0.15) is 0 Å². The Hall–Kier alpha value is -8.00. The van der Waals surface area contributed by atoms with Crippen molar-refractivity contribution in [2.75, 3.05) is 0 Å². The molecule has 0 saturated heterocycles. The van der Waals surface area contributed by atoms with Crippen LogP contribution in [-0.2, 0) is 11.8 Å². The molecule has 1 atom stereocenters. The molecule has 67 heavy (non-hydrogen) atoms. The van der Waals surface area contributed by atoms with Crippen LogP contribution in [0, 0.1) is 0 Å². The molecule has 1 heterocycles. The van der Waals surface area contributed by atoms with Crippen LogP contribution in [0.25, 0.3) is 88.7 Å². The van der Waals surface area contributed by atoms with E-state index in [1.54, 1.807) is 0 Å². The molecule has 1 aliphatic carbocycles. The lowest BCUT2D eigenvalue weighted by atomic mass is 9.79. The van der Waals surface area contributed by atoms with E-state index < -0.39 is 0 Å². The van der Waals surface area contributed by atoms with Gasteiger partial charge in [0.2, 0.25) is 0 Å². The zero-order chi connectivity index (χ0) is 44.9. The molecule has 1 nitrogen and oxygen atoms in total. The Morgan fingerprint density at radius 3 is 1.55 bits per heavy atom. The Morgan fingerprint density at radius 2 is 0.836 bits per heavy atom. The zero-order valence-electron chi connectivity index (χ0n) is 37.9. The Balaban J connectivity index is 0.843. The lowest BCUT2D eigenvalue weighted by Crippen LogP contribution is -2.16. The van der Waals surface area contributed by atoms with Crippen molar-refractivity contribution >= 4 is 21.9 Å². The molecule has 0 aliphatic heterocycles. The van der Waals surface area contributed by atoms with Crippen LogP contribution in [0.4, 0.5) is 0 Å². The van der Waals surface area contributed by atoms with Gasteiger partial charge in [0.15, 0.2) is 0 Å². The normalized spacial score (nSPS) is 13.1. The molecule has 0 fully saturated rings. The SMILES string of the molecule is CC1(C)c2cc(-c3ccccc3)ccc2-c2ccc(C(CCc3ccc(-c4cccc(-c5cccc6c5oc5ccccc56)c4)cc3)c3ccc(-c4ccc(-c5ccccc5)cc4)cc3)cc21.